The molecule has 3 aromatic rings. The van der Waals surface area contributed by atoms with Crippen LogP contribution in [0.15, 0.2) is 61.1 Å². The van der Waals surface area contributed by atoms with Gasteiger partial charge in [0.2, 0.25) is 5.91 Å². The molecule has 1 atom stereocenters. The number of carbonyl (C=O) groups is 2. The van der Waals surface area contributed by atoms with Gasteiger partial charge in [0, 0.05) is 50.3 Å². The largest absolute Gasteiger partial charge is 0.353 e. The van der Waals surface area contributed by atoms with E-state index in [2.05, 4.69) is 27.5 Å². The standard InChI is InChI=1S/C26H31N5O2/c1-19(2)29-25(33)26(12-7-15-31(18-26)24(32)23-11-14-28-30(23)3)16-20-8-4-5-10-22(20)21-9-6-13-27-17-21/h4-6,8-11,13-14,17,19H,7,12,15-16,18H2,1-3H3,(H,29,33)/t26-/m0/s1. The Bertz CT molecular complexity index is 1120. The molecule has 0 aliphatic carbocycles. The summed E-state index contributed by atoms with van der Waals surface area (Å²) in [4.78, 5) is 33.0. The van der Waals surface area contributed by atoms with Crippen molar-refractivity contribution >= 4 is 11.8 Å². The number of nitrogens with one attached hydrogen (secondary N) is 1. The highest BCUT2D eigenvalue weighted by Crippen LogP contribution is 2.37. The van der Waals surface area contributed by atoms with Crippen LogP contribution in [-0.4, -0.2) is 50.6 Å². The second-order valence-corrected chi connectivity index (χ2v) is 9.15. The van der Waals surface area contributed by atoms with Gasteiger partial charge < -0.3 is 10.2 Å². The molecule has 0 radical (unpaired) electrons. The smallest absolute Gasteiger partial charge is 0.272 e. The Kier molecular flexibility index (Phi) is 6.58. The van der Waals surface area contributed by atoms with Crippen molar-refractivity contribution in [2.45, 2.75) is 39.2 Å². The number of piperidine rings is 1. The molecule has 1 aromatic carbocycles. The van der Waals surface area contributed by atoms with Crippen molar-refractivity contribution in [3.63, 3.8) is 0 Å². The van der Waals surface area contributed by atoms with Gasteiger partial charge in [-0.25, -0.2) is 0 Å². The van der Waals surface area contributed by atoms with Crippen LogP contribution in [0.25, 0.3) is 11.1 Å². The van der Waals surface area contributed by atoms with Gasteiger partial charge in [-0.15, -0.1) is 0 Å². The molecule has 1 N–H and O–H groups in total. The van der Waals surface area contributed by atoms with Crippen molar-refractivity contribution in [3.8, 4) is 11.1 Å². The highest BCUT2D eigenvalue weighted by molar-refractivity contribution is 5.93. The van der Waals surface area contributed by atoms with Crippen LogP contribution >= 0.6 is 0 Å². The Hall–Kier alpha value is -3.48. The normalized spacial score (nSPS) is 18.4. The third-order valence-electron chi connectivity index (χ3n) is 6.32. The Labute approximate surface area is 194 Å². The molecule has 0 spiro atoms. The summed E-state index contributed by atoms with van der Waals surface area (Å²) in [6, 6.07) is 13.9. The van der Waals surface area contributed by atoms with Crippen molar-refractivity contribution in [2.24, 2.45) is 12.5 Å². The van der Waals surface area contributed by atoms with Gasteiger partial charge in [-0.1, -0.05) is 30.3 Å². The average molecular weight is 446 g/mol. The van der Waals surface area contributed by atoms with E-state index >= 15 is 0 Å². The molecule has 7 heteroatoms. The third kappa shape index (κ3) is 4.82. The molecule has 33 heavy (non-hydrogen) atoms. The number of amides is 2. The van der Waals surface area contributed by atoms with Gasteiger partial charge in [0.25, 0.3) is 5.91 Å². The fourth-order valence-electron chi connectivity index (χ4n) is 4.72. The van der Waals surface area contributed by atoms with E-state index in [1.165, 1.54) is 0 Å². The number of nitrogens with zero attached hydrogens (tertiary/aromatic N) is 4. The van der Waals surface area contributed by atoms with Crippen molar-refractivity contribution < 1.29 is 9.59 Å². The van der Waals surface area contributed by atoms with Crippen LogP contribution in [0, 0.1) is 5.41 Å². The van der Waals surface area contributed by atoms with E-state index in [9.17, 15) is 9.59 Å². The second-order valence-electron chi connectivity index (χ2n) is 9.15. The summed E-state index contributed by atoms with van der Waals surface area (Å²) in [5, 5.41) is 7.27. The lowest BCUT2D eigenvalue weighted by atomic mass is 9.73. The first kappa shape index (κ1) is 22.7. The predicted molar refractivity (Wildman–Crippen MR) is 127 cm³/mol. The van der Waals surface area contributed by atoms with Crippen molar-refractivity contribution in [1.29, 1.82) is 0 Å². The van der Waals surface area contributed by atoms with Crippen LogP contribution in [0.5, 0.6) is 0 Å². The Morgan fingerprint density at radius 1 is 1.12 bits per heavy atom. The minimum atomic E-state index is -0.713. The van der Waals surface area contributed by atoms with E-state index in [0.29, 0.717) is 25.2 Å². The molecular formula is C26H31N5O2. The van der Waals surface area contributed by atoms with Crippen molar-refractivity contribution in [1.82, 2.24) is 25.0 Å². The van der Waals surface area contributed by atoms with Crippen LogP contribution in [0.1, 0.15) is 42.7 Å². The molecule has 7 nitrogen and oxygen atoms in total. The summed E-state index contributed by atoms with van der Waals surface area (Å²) in [6.07, 6.45) is 7.27. The maximum Gasteiger partial charge on any atom is 0.272 e. The molecule has 1 fully saturated rings. The monoisotopic (exact) mass is 445 g/mol. The molecule has 0 unspecified atom stereocenters. The molecule has 3 heterocycles. The molecule has 2 amide bonds. The third-order valence-corrected chi connectivity index (χ3v) is 6.32. The molecule has 0 bridgehead atoms. The van der Waals surface area contributed by atoms with E-state index in [4.69, 9.17) is 0 Å². The lowest BCUT2D eigenvalue weighted by Crippen LogP contribution is -2.55. The lowest BCUT2D eigenvalue weighted by molar-refractivity contribution is -0.134. The second kappa shape index (κ2) is 9.57. The van der Waals surface area contributed by atoms with E-state index in [-0.39, 0.29) is 17.9 Å². The first-order chi connectivity index (χ1) is 15.9. The molecule has 1 aliphatic heterocycles. The summed E-state index contributed by atoms with van der Waals surface area (Å²) in [5.74, 6) is -0.0852. The lowest BCUT2D eigenvalue weighted by Gasteiger charge is -2.42. The number of likely N-dealkylation sites (tertiary alicyclic amines) is 1. The quantitative estimate of drug-likeness (QED) is 0.630. The van der Waals surface area contributed by atoms with Gasteiger partial charge in [-0.3, -0.25) is 19.3 Å². The zero-order valence-corrected chi connectivity index (χ0v) is 19.5. The fourth-order valence-corrected chi connectivity index (χ4v) is 4.72. The van der Waals surface area contributed by atoms with E-state index < -0.39 is 5.41 Å². The minimum Gasteiger partial charge on any atom is -0.353 e. The van der Waals surface area contributed by atoms with Gasteiger partial charge in [0.05, 0.1) is 5.41 Å². The number of benzene rings is 1. The van der Waals surface area contributed by atoms with Gasteiger partial charge in [0.1, 0.15) is 5.69 Å². The molecule has 4 rings (SSSR count). The van der Waals surface area contributed by atoms with E-state index in [1.54, 1.807) is 30.2 Å². The van der Waals surface area contributed by atoms with E-state index in [1.807, 2.05) is 49.2 Å². The van der Waals surface area contributed by atoms with Crippen LogP contribution in [-0.2, 0) is 18.3 Å². The summed E-state index contributed by atoms with van der Waals surface area (Å²) in [6.45, 7) is 4.94. The molecule has 172 valence electrons. The van der Waals surface area contributed by atoms with Gasteiger partial charge in [0.15, 0.2) is 0 Å². The number of rotatable bonds is 6. The zero-order valence-electron chi connectivity index (χ0n) is 19.5. The summed E-state index contributed by atoms with van der Waals surface area (Å²) >= 11 is 0. The molecule has 2 aromatic heterocycles. The Morgan fingerprint density at radius 3 is 2.64 bits per heavy atom. The number of aromatic nitrogens is 3. The van der Waals surface area contributed by atoms with Gasteiger partial charge in [-0.2, -0.15) is 5.10 Å². The summed E-state index contributed by atoms with van der Waals surface area (Å²) < 4.78 is 1.59. The summed E-state index contributed by atoms with van der Waals surface area (Å²) in [7, 11) is 1.76. The highest BCUT2D eigenvalue weighted by Gasteiger charge is 2.44. The maximum atomic E-state index is 13.6. The average Bonchev–Trinajstić information content (AvgIpc) is 3.25. The maximum absolute atomic E-state index is 13.6. The number of aryl methyl sites for hydroxylation is 1. The van der Waals surface area contributed by atoms with Crippen molar-refractivity contribution in [2.75, 3.05) is 13.1 Å². The first-order valence-corrected chi connectivity index (χ1v) is 11.5. The predicted octanol–water partition coefficient (Wildman–Crippen LogP) is 3.47. The fraction of sp³-hybridized carbons (Fsp3) is 0.385. The van der Waals surface area contributed by atoms with Gasteiger partial charge >= 0.3 is 0 Å². The van der Waals surface area contributed by atoms with Crippen LogP contribution < -0.4 is 5.32 Å². The number of hydrogen-bond donors (Lipinski definition) is 1. The van der Waals surface area contributed by atoms with Crippen LogP contribution in [0.3, 0.4) is 0 Å². The number of hydrogen-bond acceptors (Lipinski definition) is 4. The molecule has 1 aliphatic rings. The first-order valence-electron chi connectivity index (χ1n) is 11.5. The molecule has 0 saturated carbocycles. The number of carbonyl (C=O) groups excluding carboxylic acids is 2. The molecule has 1 saturated heterocycles. The number of pyridine rings is 1. The minimum absolute atomic E-state index is 0.000922. The SMILES string of the molecule is CC(C)NC(=O)[C@]1(Cc2ccccc2-c2cccnc2)CCCN(C(=O)c2ccnn2C)C1. The van der Waals surface area contributed by atoms with Crippen molar-refractivity contribution in [3.05, 3.63) is 72.3 Å². The Morgan fingerprint density at radius 2 is 1.94 bits per heavy atom. The summed E-state index contributed by atoms with van der Waals surface area (Å²) in [5.41, 5.74) is 2.99. The highest BCUT2D eigenvalue weighted by atomic mass is 16.2. The Balaban J connectivity index is 1.70. The topological polar surface area (TPSA) is 80.1 Å². The van der Waals surface area contributed by atoms with Crippen LogP contribution in [0.4, 0.5) is 0 Å². The zero-order chi connectivity index (χ0) is 23.4. The van der Waals surface area contributed by atoms with Crippen LogP contribution in [0.2, 0.25) is 0 Å². The van der Waals surface area contributed by atoms with Gasteiger partial charge in [-0.05, 0) is 56.4 Å². The molecular weight excluding hydrogens is 414 g/mol. The van der Waals surface area contributed by atoms with E-state index in [0.717, 1.165) is 29.5 Å².